The number of halogens is 1. The van der Waals surface area contributed by atoms with Crippen molar-refractivity contribution in [3.8, 4) is 11.5 Å². The van der Waals surface area contributed by atoms with E-state index in [4.69, 9.17) is 34.5 Å². The summed E-state index contributed by atoms with van der Waals surface area (Å²) in [4.78, 5) is 126. The molecule has 1 heterocycles. The predicted molar refractivity (Wildman–Crippen MR) is 308 cm³/mol. The van der Waals surface area contributed by atoms with Gasteiger partial charge in [0.05, 0.1) is 24.7 Å². The van der Waals surface area contributed by atoms with Crippen LogP contribution in [-0.2, 0) is 75.3 Å². The molecule has 9 atom stereocenters. The van der Waals surface area contributed by atoms with Gasteiger partial charge in [-0.05, 0) is 110 Å². The summed E-state index contributed by atoms with van der Waals surface area (Å²) in [6, 6.07) is 15.0. The lowest BCUT2D eigenvalue weighted by Crippen LogP contribution is -2.62. The number of nitrogens with one attached hydrogen (secondary N) is 6. The first-order valence-electron chi connectivity index (χ1n) is 26.2. The van der Waals surface area contributed by atoms with Gasteiger partial charge in [-0.3, -0.25) is 43.2 Å². The van der Waals surface area contributed by atoms with Gasteiger partial charge in [0.1, 0.15) is 41.7 Å². The largest absolute Gasteiger partial charge is 0.508 e. The van der Waals surface area contributed by atoms with Gasteiger partial charge in [0.2, 0.25) is 41.4 Å². The number of rotatable bonds is 21. The van der Waals surface area contributed by atoms with E-state index in [1.54, 1.807) is 60.7 Å². The minimum Gasteiger partial charge on any atom is -0.508 e. The molecule has 0 unspecified atom stereocenters. The van der Waals surface area contributed by atoms with E-state index in [0.29, 0.717) is 45.7 Å². The zero-order valence-corrected chi connectivity index (χ0v) is 47.0. The summed E-state index contributed by atoms with van der Waals surface area (Å²) in [5, 5.41) is 47.4. The van der Waals surface area contributed by atoms with Crippen LogP contribution >= 0.6 is 33.2 Å². The Kier molecular flexibility index (Phi) is 25.9. The molecule has 1 aliphatic heterocycles. The fraction of sp³-hybridized carbons (Fsp3) is 0.411. The van der Waals surface area contributed by atoms with Crippen LogP contribution in [0, 0.1) is 5.92 Å². The molecule has 25 heteroatoms. The van der Waals surface area contributed by atoms with E-state index in [1.165, 1.54) is 43.3 Å². The topological polar surface area (TPSA) is 391 Å². The molecule has 7 amide bonds. The van der Waals surface area contributed by atoms with E-state index >= 15 is 0 Å². The van der Waals surface area contributed by atoms with Gasteiger partial charge >= 0.3 is 0 Å². The number of carbonyl (C=O) groups excluding carboxylic acids is 9. The van der Waals surface area contributed by atoms with Gasteiger partial charge in [0.25, 0.3) is 0 Å². The number of Topliss-reactive ketones (excluding diaryl/α,β-unsaturated/α-hetero) is 2. The van der Waals surface area contributed by atoms with Crippen molar-refractivity contribution in [1.29, 1.82) is 0 Å². The Morgan fingerprint density at radius 3 is 1.83 bits per heavy atom. The van der Waals surface area contributed by atoms with Crippen molar-refractivity contribution in [3.63, 3.8) is 0 Å². The minimum absolute atomic E-state index is 0.0314. The van der Waals surface area contributed by atoms with Gasteiger partial charge < -0.3 is 70.2 Å². The highest BCUT2D eigenvalue weighted by Crippen LogP contribution is 2.26. The van der Waals surface area contributed by atoms with E-state index < -0.39 is 108 Å². The first kappa shape index (κ1) is 64.8. The van der Waals surface area contributed by atoms with Gasteiger partial charge in [-0.15, -0.1) is 0 Å². The Bertz CT molecular complexity index is 2800. The fourth-order valence-electron chi connectivity index (χ4n) is 8.58. The summed E-state index contributed by atoms with van der Waals surface area (Å²) >= 11 is 6.08. The molecule has 0 radical (unpaired) electrons. The van der Waals surface area contributed by atoms with Crippen LogP contribution in [0.15, 0.2) is 97.1 Å². The van der Waals surface area contributed by atoms with Crippen LogP contribution in [0.2, 0.25) is 5.02 Å². The molecule has 1 aliphatic rings. The lowest BCUT2D eigenvalue weighted by molar-refractivity contribution is -0.137. The van der Waals surface area contributed by atoms with E-state index in [0.717, 1.165) is 21.6 Å². The normalized spacial score (nSPS) is 20.9. The maximum atomic E-state index is 14.9. The zero-order chi connectivity index (χ0) is 59.2. The van der Waals surface area contributed by atoms with E-state index in [9.17, 15) is 58.5 Å². The molecule has 0 aliphatic carbocycles. The number of aliphatic hydroxyl groups excluding tert-OH is 1. The molecular formula is C56H71ClN10O12S2. The maximum absolute atomic E-state index is 14.9. The second kappa shape index (κ2) is 32.4. The Balaban J connectivity index is 1.58. The molecule has 0 saturated carbocycles. The molecular weight excluding hydrogens is 1100 g/mol. The summed E-state index contributed by atoms with van der Waals surface area (Å²) in [7, 11) is 1.98. The summed E-state index contributed by atoms with van der Waals surface area (Å²) < 4.78 is 0. The van der Waals surface area contributed by atoms with E-state index in [2.05, 4.69) is 31.9 Å². The van der Waals surface area contributed by atoms with Gasteiger partial charge in [-0.25, -0.2) is 0 Å². The number of aromatic hydroxyl groups is 2. The average Bonchev–Trinajstić information content (AvgIpc) is 3.43. The molecule has 17 N–H and O–H groups in total. The molecule has 4 aromatic rings. The van der Waals surface area contributed by atoms with Crippen LogP contribution < -0.4 is 54.8 Å². The number of hydrogen-bond donors (Lipinski definition) is 13. The second-order valence-corrected chi connectivity index (χ2v) is 22.8. The van der Waals surface area contributed by atoms with Gasteiger partial charge in [0.15, 0.2) is 11.6 Å². The zero-order valence-electron chi connectivity index (χ0n) is 44.6. The molecule has 22 nitrogen and oxygen atoms in total. The number of primary amides is 1. The number of amides is 7. The molecule has 0 spiro atoms. The first-order chi connectivity index (χ1) is 38.6. The molecule has 4 aromatic carbocycles. The number of carbonyl (C=O) groups is 9. The van der Waals surface area contributed by atoms with Crippen molar-refractivity contribution in [2.45, 2.75) is 113 Å². The summed E-state index contributed by atoms with van der Waals surface area (Å²) in [6.07, 6.45) is -1.75. The maximum Gasteiger partial charge on any atom is 0.245 e. The molecule has 1 fully saturated rings. The number of benzene rings is 4. The Labute approximate surface area is 482 Å². The quantitative estimate of drug-likeness (QED) is 0.0394. The monoisotopic (exact) mass is 1170 g/mol. The Hall–Kier alpha value is -7.06. The minimum atomic E-state index is -1.75. The van der Waals surface area contributed by atoms with E-state index in [1.807, 2.05) is 0 Å². The van der Waals surface area contributed by atoms with Gasteiger partial charge in [-0.2, -0.15) is 0 Å². The third kappa shape index (κ3) is 21.4. The second-order valence-electron chi connectivity index (χ2n) is 19.8. The number of phenols is 2. The van der Waals surface area contributed by atoms with Crippen molar-refractivity contribution in [3.05, 3.63) is 130 Å². The Morgan fingerprint density at radius 1 is 0.679 bits per heavy atom. The molecule has 0 bridgehead atoms. The number of aliphatic hydroxyl groups is 1. The first-order valence-corrected chi connectivity index (χ1v) is 29.1. The third-order valence-electron chi connectivity index (χ3n) is 13.2. The van der Waals surface area contributed by atoms with Crippen LogP contribution in [0.4, 0.5) is 0 Å². The number of unbranched alkanes of at least 4 members (excludes halogenated alkanes) is 1. The summed E-state index contributed by atoms with van der Waals surface area (Å²) in [5.41, 5.74) is 26.3. The number of ketones is 2. The predicted octanol–water partition coefficient (Wildman–Crippen LogP) is 0.294. The third-order valence-corrected chi connectivity index (χ3v) is 15.9. The van der Waals surface area contributed by atoms with Crippen LogP contribution in [-0.4, -0.2) is 141 Å². The van der Waals surface area contributed by atoms with E-state index in [-0.39, 0.29) is 80.4 Å². The van der Waals surface area contributed by atoms with Crippen LogP contribution in [0.1, 0.15) is 60.4 Å². The smallest absolute Gasteiger partial charge is 0.245 e. The van der Waals surface area contributed by atoms with Crippen molar-refractivity contribution >= 4 is 86.1 Å². The highest BCUT2D eigenvalue weighted by molar-refractivity contribution is 8.76. The highest BCUT2D eigenvalue weighted by atomic mass is 35.5. The number of phenolic OH excluding ortho intramolecular Hbond substituents is 2. The average molecular weight is 1180 g/mol. The van der Waals surface area contributed by atoms with Crippen LogP contribution in [0.3, 0.4) is 0 Å². The van der Waals surface area contributed by atoms with Crippen molar-refractivity contribution in [2.75, 3.05) is 24.6 Å². The van der Waals surface area contributed by atoms with Crippen LogP contribution in [0.5, 0.6) is 11.5 Å². The standard InChI is InChI=1S/C56H71ClN10O12S2/c1-31(68)49-56(79)66-47(55(78)63-44(50(61)73)25-36-13-19-40(70)20-14-36)30-81-80-29-46(65-52(75)42(60)24-34-9-15-38(57)16-10-34)48(72)27-37(22-32-11-17-39(69)18-12-32)51(74)64-45(26-35-7-5-33(6-8-35)23-41(71)28-59)54(77)62-43(53(76)67-49)4-2-3-21-58/h5-20,31,37,42-47,49,68-70H,2-4,21-30,58-60H2,1H3,(H2,61,73)(H,62,77)(H,63,78)(H,64,74)(H,65,75)(H,66,79)(H,67,76)/t31-,37-,42+,43+,44-,45-,46-,47+,49+/m1/s1. The molecule has 0 aromatic heterocycles. The summed E-state index contributed by atoms with van der Waals surface area (Å²) in [5.74, 6) is -8.83. The van der Waals surface area contributed by atoms with Gasteiger partial charge in [-0.1, -0.05) is 93.9 Å². The SMILES string of the molecule is C[C@@H](O)[C@@H]1NC(=O)[C@H](CCCCN)NC(=O)[C@@H](Cc2ccc(CC(=O)CN)cc2)NC(=O)[C@H](Cc2ccc(O)cc2)CC(=O)[C@H](NC(=O)[C@@H](N)Cc2ccc(Cl)cc2)CSSC[C@@H](C(=O)N[C@H](Cc2ccc(O)cc2)C(N)=O)NC1=O. The highest BCUT2D eigenvalue weighted by Gasteiger charge is 2.37. The van der Waals surface area contributed by atoms with Gasteiger partial charge in [0, 0.05) is 48.1 Å². The number of hydrogen-bond acceptors (Lipinski definition) is 17. The molecule has 436 valence electrons. The van der Waals surface area contributed by atoms with Crippen LogP contribution in [0.25, 0.3) is 0 Å². The lowest BCUT2D eigenvalue weighted by atomic mass is 9.90. The number of nitrogens with two attached hydrogens (primary N) is 4. The Morgan fingerprint density at radius 2 is 1.22 bits per heavy atom. The summed E-state index contributed by atoms with van der Waals surface area (Å²) in [6.45, 7) is 1.27. The molecule has 5 rings (SSSR count). The van der Waals surface area contributed by atoms with Crippen molar-refractivity contribution in [1.82, 2.24) is 31.9 Å². The van der Waals surface area contributed by atoms with Crippen molar-refractivity contribution < 1.29 is 58.5 Å². The molecule has 81 heavy (non-hydrogen) atoms. The lowest BCUT2D eigenvalue weighted by Gasteiger charge is -2.29. The molecule has 1 saturated heterocycles. The van der Waals surface area contributed by atoms with Crippen molar-refractivity contribution in [2.24, 2.45) is 28.9 Å². The fourth-order valence-corrected chi connectivity index (χ4v) is 11.1.